The van der Waals surface area contributed by atoms with Crippen molar-refractivity contribution in [1.82, 2.24) is 15.1 Å². The maximum absolute atomic E-state index is 14.8. The Hall–Kier alpha value is -2.97. The number of halogens is 2. The molecule has 3 aliphatic heterocycles. The number of hydrogen-bond acceptors (Lipinski definition) is 4. The van der Waals surface area contributed by atoms with Crippen molar-refractivity contribution in [3.63, 3.8) is 0 Å². The molecule has 1 atom stereocenters. The highest BCUT2D eigenvalue weighted by Gasteiger charge is 2.44. The molecule has 5 rings (SSSR count). The number of piperidine rings is 1. The summed E-state index contributed by atoms with van der Waals surface area (Å²) in [6.07, 6.45) is 3.30. The molecule has 214 valence electrons. The Labute approximate surface area is 240 Å². The Balaban J connectivity index is 1.50. The lowest BCUT2D eigenvalue weighted by atomic mass is 9.91. The molecule has 9 heteroatoms. The van der Waals surface area contributed by atoms with E-state index in [4.69, 9.17) is 11.6 Å². The van der Waals surface area contributed by atoms with E-state index in [9.17, 15) is 18.8 Å². The van der Waals surface area contributed by atoms with Gasteiger partial charge in [-0.05, 0) is 79.6 Å². The average molecular weight is 569 g/mol. The number of anilines is 1. The Morgan fingerprint density at radius 2 is 1.80 bits per heavy atom. The summed E-state index contributed by atoms with van der Waals surface area (Å²) in [6.45, 7) is 9.28. The predicted molar refractivity (Wildman–Crippen MR) is 155 cm³/mol. The molecule has 1 unspecified atom stereocenters. The van der Waals surface area contributed by atoms with Gasteiger partial charge >= 0.3 is 0 Å². The van der Waals surface area contributed by atoms with Crippen LogP contribution < -0.4 is 10.2 Å². The van der Waals surface area contributed by atoms with Crippen LogP contribution in [-0.2, 0) is 9.59 Å². The van der Waals surface area contributed by atoms with Crippen LogP contribution in [0.5, 0.6) is 0 Å². The molecular weight excluding hydrogens is 531 g/mol. The van der Waals surface area contributed by atoms with Gasteiger partial charge in [-0.15, -0.1) is 0 Å². The van der Waals surface area contributed by atoms with E-state index in [1.54, 1.807) is 45.0 Å². The number of hydrogen-bond donors (Lipinski definition) is 1. The zero-order valence-electron chi connectivity index (χ0n) is 23.5. The lowest BCUT2D eigenvalue weighted by Gasteiger charge is -2.41. The van der Waals surface area contributed by atoms with E-state index in [2.05, 4.69) is 5.32 Å². The molecule has 0 aliphatic carbocycles. The van der Waals surface area contributed by atoms with E-state index in [1.807, 2.05) is 20.8 Å². The molecule has 0 spiro atoms. The zero-order valence-corrected chi connectivity index (χ0v) is 24.3. The second-order valence-electron chi connectivity index (χ2n) is 12.4. The number of fused-ring (bicyclic) bond motifs is 2. The number of amides is 3. The Morgan fingerprint density at radius 1 is 1.05 bits per heavy atom. The highest BCUT2D eigenvalue weighted by Crippen LogP contribution is 2.35. The topological polar surface area (TPSA) is 73.0 Å². The molecular formula is C31H38ClFN4O3. The summed E-state index contributed by atoms with van der Waals surface area (Å²) in [4.78, 5) is 46.4. The van der Waals surface area contributed by atoms with Gasteiger partial charge in [-0.2, -0.15) is 0 Å². The third-order valence-electron chi connectivity index (χ3n) is 8.21. The van der Waals surface area contributed by atoms with Gasteiger partial charge in [0.2, 0.25) is 5.91 Å². The third kappa shape index (κ3) is 6.03. The molecule has 3 amide bonds. The first kappa shape index (κ1) is 28.6. The van der Waals surface area contributed by atoms with E-state index in [0.29, 0.717) is 52.8 Å². The van der Waals surface area contributed by atoms with Crippen molar-refractivity contribution < 1.29 is 18.8 Å². The first-order chi connectivity index (χ1) is 19.0. The molecule has 0 bridgehead atoms. The summed E-state index contributed by atoms with van der Waals surface area (Å²) in [5.74, 6) is -0.421. The fourth-order valence-corrected chi connectivity index (χ4v) is 6.19. The van der Waals surface area contributed by atoms with Crippen LogP contribution in [0.2, 0.25) is 5.02 Å². The largest absolute Gasteiger partial charge is 0.338 e. The van der Waals surface area contributed by atoms with Crippen LogP contribution in [0.25, 0.3) is 11.1 Å². The number of rotatable bonds is 5. The summed E-state index contributed by atoms with van der Waals surface area (Å²) in [7, 11) is 0. The number of carbonyl (C=O) groups excluding carboxylic acids is 3. The highest BCUT2D eigenvalue weighted by atomic mass is 35.5. The van der Waals surface area contributed by atoms with Gasteiger partial charge in [0.05, 0.1) is 17.8 Å². The maximum Gasteiger partial charge on any atom is 0.256 e. The van der Waals surface area contributed by atoms with Crippen molar-refractivity contribution in [2.24, 2.45) is 11.3 Å². The Kier molecular flexibility index (Phi) is 8.20. The molecule has 2 aromatic rings. The van der Waals surface area contributed by atoms with Crippen LogP contribution in [-0.4, -0.2) is 72.8 Å². The van der Waals surface area contributed by atoms with E-state index < -0.39 is 11.9 Å². The van der Waals surface area contributed by atoms with Gasteiger partial charge in [-0.25, -0.2) is 4.39 Å². The molecule has 0 saturated carbocycles. The van der Waals surface area contributed by atoms with Gasteiger partial charge < -0.3 is 20.0 Å². The number of nitrogens with zero attached hydrogens (tertiary/aromatic N) is 3. The van der Waals surface area contributed by atoms with Gasteiger partial charge in [0.15, 0.2) is 0 Å². The zero-order chi connectivity index (χ0) is 28.6. The van der Waals surface area contributed by atoms with Gasteiger partial charge in [-0.1, -0.05) is 38.4 Å². The van der Waals surface area contributed by atoms with E-state index in [0.717, 1.165) is 32.4 Å². The first-order valence-electron chi connectivity index (χ1n) is 14.2. The second kappa shape index (κ2) is 11.5. The number of nitrogens with one attached hydrogen (secondary N) is 1. The second-order valence-corrected chi connectivity index (χ2v) is 12.9. The number of carbonyl (C=O) groups is 3. The van der Waals surface area contributed by atoms with Gasteiger partial charge in [0.25, 0.3) is 11.8 Å². The minimum Gasteiger partial charge on any atom is -0.338 e. The molecule has 2 saturated heterocycles. The summed E-state index contributed by atoms with van der Waals surface area (Å²) >= 11 is 5.97. The fraction of sp³-hybridized carbons (Fsp3) is 0.516. The smallest absolute Gasteiger partial charge is 0.256 e. The van der Waals surface area contributed by atoms with Gasteiger partial charge in [0, 0.05) is 36.6 Å². The van der Waals surface area contributed by atoms with Crippen LogP contribution >= 0.6 is 11.6 Å². The molecule has 1 N–H and O–H groups in total. The van der Waals surface area contributed by atoms with Crippen molar-refractivity contribution in [3.05, 3.63) is 52.8 Å². The highest BCUT2D eigenvalue weighted by molar-refractivity contribution is 6.30. The van der Waals surface area contributed by atoms with E-state index in [-0.39, 0.29) is 36.2 Å². The molecule has 2 fully saturated rings. The third-order valence-corrected chi connectivity index (χ3v) is 8.44. The fourth-order valence-electron chi connectivity index (χ4n) is 6.03. The Morgan fingerprint density at radius 3 is 2.50 bits per heavy atom. The van der Waals surface area contributed by atoms with Gasteiger partial charge in [0.1, 0.15) is 11.9 Å². The summed E-state index contributed by atoms with van der Waals surface area (Å²) < 4.78 is 14.8. The van der Waals surface area contributed by atoms with Crippen molar-refractivity contribution in [3.8, 4) is 11.1 Å². The molecule has 0 aromatic heterocycles. The molecule has 0 radical (unpaired) electrons. The van der Waals surface area contributed by atoms with E-state index >= 15 is 0 Å². The molecule has 2 aromatic carbocycles. The number of piperazine rings is 1. The predicted octanol–water partition coefficient (Wildman–Crippen LogP) is 4.97. The quantitative estimate of drug-likeness (QED) is 0.553. The lowest BCUT2D eigenvalue weighted by Crippen LogP contribution is -2.61. The average Bonchev–Trinajstić information content (AvgIpc) is 3.00. The van der Waals surface area contributed by atoms with Crippen molar-refractivity contribution in [2.45, 2.75) is 52.5 Å². The van der Waals surface area contributed by atoms with Crippen LogP contribution in [0.15, 0.2) is 36.4 Å². The van der Waals surface area contributed by atoms with Crippen LogP contribution in [0.4, 0.5) is 10.1 Å². The summed E-state index contributed by atoms with van der Waals surface area (Å²) in [5.41, 5.74) is 1.63. The number of benzene rings is 2. The normalized spacial score (nSPS) is 20.3. The summed E-state index contributed by atoms with van der Waals surface area (Å²) in [5, 5.41) is 3.68. The van der Waals surface area contributed by atoms with Crippen molar-refractivity contribution >= 4 is 35.0 Å². The minimum absolute atomic E-state index is 0.00378. The van der Waals surface area contributed by atoms with Crippen molar-refractivity contribution in [2.75, 3.05) is 44.2 Å². The van der Waals surface area contributed by atoms with Crippen LogP contribution in [0.1, 0.15) is 56.8 Å². The monoisotopic (exact) mass is 568 g/mol. The summed E-state index contributed by atoms with van der Waals surface area (Å²) in [6, 6.07) is 8.92. The van der Waals surface area contributed by atoms with Gasteiger partial charge in [-0.3, -0.25) is 14.4 Å². The minimum atomic E-state index is -0.763. The molecule has 3 heterocycles. The SMILES string of the molecule is CC(C)(C)CC(=O)N1CCN2C(=O)c3cc(-c4ccc(Cl)cc4F)ccc3N(CCC3CCNCC3)C(=O)C2C1. The molecule has 7 nitrogen and oxygen atoms in total. The molecule has 40 heavy (non-hydrogen) atoms. The maximum atomic E-state index is 14.8. The standard InChI is InChI=1S/C31H38ClFN4O3/c1-31(2,3)18-28(38)35-14-15-37-27(19-35)30(40)36(13-10-20-8-11-34-12-9-20)26-7-4-21(16-24(26)29(37)39)23-6-5-22(32)17-25(23)33/h4-7,16-17,20,27,34H,8-15,18-19H2,1-3H3. The van der Waals surface area contributed by atoms with Crippen LogP contribution in [0, 0.1) is 17.2 Å². The van der Waals surface area contributed by atoms with Crippen LogP contribution in [0.3, 0.4) is 0 Å². The van der Waals surface area contributed by atoms with Crippen molar-refractivity contribution in [1.29, 1.82) is 0 Å². The Bertz CT molecular complexity index is 1300. The molecule has 3 aliphatic rings. The first-order valence-corrected chi connectivity index (χ1v) is 14.6. The van der Waals surface area contributed by atoms with E-state index in [1.165, 1.54) is 6.07 Å². The lowest BCUT2D eigenvalue weighted by molar-refractivity contribution is -0.137.